The fourth-order valence-electron chi connectivity index (χ4n) is 2.96. The number of carbonyl (C=O) groups is 2. The van der Waals surface area contributed by atoms with Gasteiger partial charge in [0.25, 0.3) is 5.91 Å². The van der Waals surface area contributed by atoms with Gasteiger partial charge in [0, 0.05) is 18.4 Å². The molecule has 0 atom stereocenters. The minimum absolute atomic E-state index is 0.0441. The minimum Gasteiger partial charge on any atom is -0.435 e. The first-order valence-corrected chi connectivity index (χ1v) is 9.21. The first-order chi connectivity index (χ1) is 14.9. The van der Waals surface area contributed by atoms with E-state index in [9.17, 15) is 14.0 Å². The van der Waals surface area contributed by atoms with Gasteiger partial charge in [-0.25, -0.2) is 9.18 Å². The molecule has 0 fully saturated rings. The number of carbonyl (C=O) groups excluding carboxylic acids is 2. The van der Waals surface area contributed by atoms with Crippen molar-refractivity contribution in [2.45, 2.75) is 0 Å². The van der Waals surface area contributed by atoms with Crippen LogP contribution in [0.15, 0.2) is 66.7 Å². The fraction of sp³-hybridized carbons (Fsp3) is 0.0870. The maximum Gasteiger partial charge on any atom is 0.340 e. The zero-order chi connectivity index (χ0) is 22.4. The molecule has 0 aliphatic heterocycles. The first kappa shape index (κ1) is 21.7. The number of methoxy groups -OCH3 is 1. The molecule has 3 rings (SSSR count). The lowest BCUT2D eigenvalue weighted by atomic mass is 9.94. The second-order valence-electron chi connectivity index (χ2n) is 6.52. The van der Waals surface area contributed by atoms with E-state index in [4.69, 9.17) is 20.6 Å². The number of rotatable bonds is 7. The second kappa shape index (κ2) is 9.64. The highest BCUT2D eigenvalue weighted by molar-refractivity contribution is 6.10. The number of esters is 1. The van der Waals surface area contributed by atoms with Crippen molar-refractivity contribution < 1.29 is 23.5 Å². The molecule has 158 valence electrons. The Morgan fingerprint density at radius 1 is 1.00 bits per heavy atom. The Balaban J connectivity index is 1.97. The number of nitrogens with one attached hydrogen (secondary N) is 2. The largest absolute Gasteiger partial charge is 0.435 e. The van der Waals surface area contributed by atoms with Crippen LogP contribution in [-0.4, -0.2) is 31.6 Å². The summed E-state index contributed by atoms with van der Waals surface area (Å²) in [7, 11) is 1.39. The maximum atomic E-state index is 14.0. The highest BCUT2D eigenvalue weighted by atomic mass is 19.1. The summed E-state index contributed by atoms with van der Waals surface area (Å²) in [6.45, 7) is -0.222. The molecule has 0 bridgehead atoms. The Labute approximate surface area is 178 Å². The number of anilines is 1. The molecular formula is C23H20FN3O4. The molecule has 0 aliphatic carbocycles. The van der Waals surface area contributed by atoms with Crippen molar-refractivity contribution >= 4 is 23.4 Å². The highest BCUT2D eigenvalue weighted by Gasteiger charge is 2.20. The van der Waals surface area contributed by atoms with E-state index in [2.05, 4.69) is 5.32 Å². The minimum atomic E-state index is -0.632. The number of halogens is 1. The molecule has 3 aromatic carbocycles. The van der Waals surface area contributed by atoms with Crippen molar-refractivity contribution in [3.05, 3.63) is 89.2 Å². The number of hydrogen-bond acceptors (Lipinski definition) is 5. The van der Waals surface area contributed by atoms with E-state index in [1.165, 1.54) is 19.2 Å². The fourth-order valence-corrected chi connectivity index (χ4v) is 2.96. The van der Waals surface area contributed by atoms with Gasteiger partial charge in [-0.1, -0.05) is 24.3 Å². The van der Waals surface area contributed by atoms with Crippen molar-refractivity contribution in [3.8, 4) is 11.1 Å². The third-order valence-corrected chi connectivity index (χ3v) is 4.43. The van der Waals surface area contributed by atoms with Crippen LogP contribution in [0.5, 0.6) is 0 Å². The Bertz CT molecular complexity index is 1130. The summed E-state index contributed by atoms with van der Waals surface area (Å²) in [4.78, 5) is 25.4. The molecule has 0 unspecified atom stereocenters. The van der Waals surface area contributed by atoms with Crippen molar-refractivity contribution in [2.24, 2.45) is 5.73 Å². The molecular weight excluding hydrogens is 401 g/mol. The molecule has 0 radical (unpaired) electrons. The summed E-state index contributed by atoms with van der Waals surface area (Å²) >= 11 is 0. The van der Waals surface area contributed by atoms with E-state index in [0.29, 0.717) is 22.4 Å². The molecule has 0 aromatic heterocycles. The number of nitrogen functional groups attached to an aromatic ring is 1. The zero-order valence-corrected chi connectivity index (χ0v) is 16.6. The summed E-state index contributed by atoms with van der Waals surface area (Å²) in [5, 5.41) is 10.1. The third kappa shape index (κ3) is 5.12. The number of benzene rings is 3. The van der Waals surface area contributed by atoms with Crippen LogP contribution >= 0.6 is 0 Å². The van der Waals surface area contributed by atoms with Crippen LogP contribution in [0.3, 0.4) is 0 Å². The van der Waals surface area contributed by atoms with Gasteiger partial charge in [0.05, 0.1) is 11.1 Å². The van der Waals surface area contributed by atoms with Crippen molar-refractivity contribution in [1.29, 1.82) is 5.41 Å². The second-order valence-corrected chi connectivity index (χ2v) is 6.52. The van der Waals surface area contributed by atoms with E-state index >= 15 is 0 Å². The van der Waals surface area contributed by atoms with E-state index in [1.54, 1.807) is 48.5 Å². The summed E-state index contributed by atoms with van der Waals surface area (Å²) in [6, 6.07) is 16.7. The molecule has 4 N–H and O–H groups in total. The Morgan fingerprint density at radius 2 is 1.68 bits per heavy atom. The topological polar surface area (TPSA) is 114 Å². The summed E-state index contributed by atoms with van der Waals surface area (Å²) in [5.74, 6) is -1.89. The molecule has 8 heteroatoms. The number of nitrogens with two attached hydrogens (primary N) is 1. The van der Waals surface area contributed by atoms with E-state index in [1.807, 2.05) is 0 Å². The first-order valence-electron chi connectivity index (χ1n) is 9.21. The molecule has 1 amide bonds. The maximum absolute atomic E-state index is 14.0. The molecule has 31 heavy (non-hydrogen) atoms. The van der Waals surface area contributed by atoms with Gasteiger partial charge in [-0.15, -0.1) is 0 Å². The Morgan fingerprint density at radius 3 is 2.35 bits per heavy atom. The van der Waals surface area contributed by atoms with Crippen molar-refractivity contribution in [3.63, 3.8) is 0 Å². The van der Waals surface area contributed by atoms with Crippen molar-refractivity contribution in [2.75, 3.05) is 19.2 Å². The van der Waals surface area contributed by atoms with Gasteiger partial charge in [0.1, 0.15) is 11.7 Å². The van der Waals surface area contributed by atoms with E-state index < -0.39 is 17.7 Å². The number of amidine groups is 1. The molecule has 0 saturated heterocycles. The van der Waals surface area contributed by atoms with Gasteiger partial charge in [-0.05, 0) is 53.6 Å². The average Bonchev–Trinajstić information content (AvgIpc) is 2.77. The predicted molar refractivity (Wildman–Crippen MR) is 115 cm³/mol. The van der Waals surface area contributed by atoms with Gasteiger partial charge in [-0.3, -0.25) is 10.2 Å². The molecule has 0 spiro atoms. The van der Waals surface area contributed by atoms with E-state index in [0.717, 1.165) is 6.07 Å². The van der Waals surface area contributed by atoms with Gasteiger partial charge >= 0.3 is 5.97 Å². The highest BCUT2D eigenvalue weighted by Crippen LogP contribution is 2.29. The van der Waals surface area contributed by atoms with Crippen molar-refractivity contribution in [1.82, 2.24) is 0 Å². The summed E-state index contributed by atoms with van der Waals surface area (Å²) in [5.41, 5.74) is 7.42. The zero-order valence-electron chi connectivity index (χ0n) is 16.6. The molecule has 0 heterocycles. The molecule has 3 aromatic rings. The Hall–Kier alpha value is -4.04. The van der Waals surface area contributed by atoms with Crippen LogP contribution in [0.2, 0.25) is 0 Å². The lowest BCUT2D eigenvalue weighted by Gasteiger charge is -2.14. The standard InChI is InChI=1S/C23H20FN3O4/c1-30-13-31-23(29)19-5-3-2-4-17(19)18-11-8-15(24)12-20(18)22(28)27-16-9-6-14(7-10-16)21(25)26/h2-12H,13H2,1H3,(H3,25,26)(H,27,28). The number of hydrogen-bond donors (Lipinski definition) is 3. The average molecular weight is 421 g/mol. The van der Waals surface area contributed by atoms with Gasteiger partial charge in [0.2, 0.25) is 0 Å². The molecule has 0 saturated carbocycles. The van der Waals surface area contributed by atoms with Gasteiger partial charge in [0.15, 0.2) is 6.79 Å². The smallest absolute Gasteiger partial charge is 0.340 e. The van der Waals surface area contributed by atoms with Gasteiger partial charge < -0.3 is 20.5 Å². The van der Waals surface area contributed by atoms with Crippen LogP contribution < -0.4 is 11.1 Å². The van der Waals surface area contributed by atoms with E-state index in [-0.39, 0.29) is 23.8 Å². The number of ether oxygens (including phenoxy) is 2. The lowest BCUT2D eigenvalue weighted by molar-refractivity contribution is -0.0124. The van der Waals surface area contributed by atoms with Crippen LogP contribution in [0.25, 0.3) is 11.1 Å². The predicted octanol–water partition coefficient (Wildman–Crippen LogP) is 3.79. The van der Waals surface area contributed by atoms with Gasteiger partial charge in [-0.2, -0.15) is 0 Å². The molecule has 7 nitrogen and oxygen atoms in total. The quantitative estimate of drug-likeness (QED) is 0.232. The van der Waals surface area contributed by atoms with Crippen LogP contribution in [0.4, 0.5) is 10.1 Å². The summed E-state index contributed by atoms with van der Waals surface area (Å²) in [6.07, 6.45) is 0. The van der Waals surface area contributed by atoms with Crippen LogP contribution in [0.1, 0.15) is 26.3 Å². The monoisotopic (exact) mass is 421 g/mol. The van der Waals surface area contributed by atoms with Crippen LogP contribution in [-0.2, 0) is 9.47 Å². The van der Waals surface area contributed by atoms with Crippen LogP contribution in [0, 0.1) is 11.2 Å². The molecule has 0 aliphatic rings. The Kier molecular flexibility index (Phi) is 6.74. The third-order valence-electron chi connectivity index (χ3n) is 4.43. The number of amides is 1. The summed E-state index contributed by atoms with van der Waals surface area (Å²) < 4.78 is 23.8. The SMILES string of the molecule is COCOC(=O)c1ccccc1-c1ccc(F)cc1C(=O)Nc1ccc(C(=N)N)cc1. The normalized spacial score (nSPS) is 10.4. The lowest BCUT2D eigenvalue weighted by Crippen LogP contribution is -2.15.